The Balaban J connectivity index is 1.96. The Kier molecular flexibility index (Phi) is 5.33. The highest BCUT2D eigenvalue weighted by atomic mass is 32.1. The molecule has 0 saturated heterocycles. The van der Waals surface area contributed by atoms with Crippen molar-refractivity contribution in [3.05, 3.63) is 90.9 Å². The van der Waals surface area contributed by atoms with Gasteiger partial charge < -0.3 is 9.47 Å². The summed E-state index contributed by atoms with van der Waals surface area (Å²) in [4.78, 5) is 35.1. The number of benzene rings is 1. The Morgan fingerprint density at radius 3 is 2.60 bits per heavy atom. The summed E-state index contributed by atoms with van der Waals surface area (Å²) >= 11 is 1.28. The third kappa shape index (κ3) is 3.46. The number of rotatable bonds is 4. The first-order chi connectivity index (χ1) is 14.5. The minimum absolute atomic E-state index is 0.225. The van der Waals surface area contributed by atoms with E-state index in [9.17, 15) is 9.59 Å². The van der Waals surface area contributed by atoms with Crippen molar-refractivity contribution in [1.82, 2.24) is 9.55 Å². The normalized spacial score (nSPS) is 16.1. The molecule has 0 fully saturated rings. The smallest absolute Gasteiger partial charge is 0.338 e. The number of aromatic nitrogens is 2. The van der Waals surface area contributed by atoms with Crippen molar-refractivity contribution < 1.29 is 14.3 Å². The fourth-order valence-corrected chi connectivity index (χ4v) is 4.45. The van der Waals surface area contributed by atoms with Gasteiger partial charge in [-0.15, -0.1) is 0 Å². The summed E-state index contributed by atoms with van der Waals surface area (Å²) in [5.74, 6) is 0.168. The molecule has 2 aromatic heterocycles. The summed E-state index contributed by atoms with van der Waals surface area (Å²) in [5, 5.41) is 0. The second-order valence-corrected chi connectivity index (χ2v) is 7.64. The molecule has 0 unspecified atom stereocenters. The summed E-state index contributed by atoms with van der Waals surface area (Å²) in [6.07, 6.45) is 5.14. The minimum Gasteiger partial charge on any atom is -0.497 e. The van der Waals surface area contributed by atoms with Crippen molar-refractivity contribution in [1.29, 1.82) is 0 Å². The number of hydrogen-bond donors (Lipinski definition) is 0. The van der Waals surface area contributed by atoms with E-state index in [1.165, 1.54) is 18.4 Å². The lowest BCUT2D eigenvalue weighted by molar-refractivity contribution is -0.136. The number of ether oxygens (including phenoxy) is 2. The van der Waals surface area contributed by atoms with Crippen molar-refractivity contribution in [3.63, 3.8) is 0 Å². The Morgan fingerprint density at radius 2 is 1.97 bits per heavy atom. The molecule has 7 nitrogen and oxygen atoms in total. The Bertz CT molecular complexity index is 1310. The van der Waals surface area contributed by atoms with E-state index < -0.39 is 12.0 Å². The van der Waals surface area contributed by atoms with Crippen LogP contribution in [0.15, 0.2) is 69.8 Å². The minimum atomic E-state index is -0.643. The van der Waals surface area contributed by atoms with E-state index in [-0.39, 0.29) is 5.56 Å². The van der Waals surface area contributed by atoms with Gasteiger partial charge in [0.15, 0.2) is 4.80 Å². The topological polar surface area (TPSA) is 82.8 Å². The average Bonchev–Trinajstić information content (AvgIpc) is 3.07. The highest BCUT2D eigenvalue weighted by Gasteiger charge is 2.33. The summed E-state index contributed by atoms with van der Waals surface area (Å²) in [5.41, 5.74) is 2.21. The first-order valence-electron chi connectivity index (χ1n) is 9.18. The lowest BCUT2D eigenvalue weighted by Crippen LogP contribution is -2.39. The van der Waals surface area contributed by atoms with E-state index >= 15 is 0 Å². The van der Waals surface area contributed by atoms with Crippen LogP contribution >= 0.6 is 11.3 Å². The first-order valence-corrected chi connectivity index (χ1v) is 10.00. The summed E-state index contributed by atoms with van der Waals surface area (Å²) in [7, 11) is 2.90. The average molecular weight is 421 g/mol. The maximum Gasteiger partial charge on any atom is 0.338 e. The van der Waals surface area contributed by atoms with Crippen LogP contribution in [0.25, 0.3) is 6.08 Å². The molecule has 4 rings (SSSR count). The van der Waals surface area contributed by atoms with Gasteiger partial charge in [0, 0.05) is 12.4 Å². The second-order valence-electron chi connectivity index (χ2n) is 6.63. The van der Waals surface area contributed by atoms with Crippen LogP contribution in [0.2, 0.25) is 0 Å². The zero-order valence-electron chi connectivity index (χ0n) is 16.7. The van der Waals surface area contributed by atoms with E-state index in [0.29, 0.717) is 26.4 Å². The number of methoxy groups -OCH3 is 2. The molecule has 8 heteroatoms. The number of allylic oxidation sites excluding steroid dienone is 1. The molecule has 0 saturated carbocycles. The van der Waals surface area contributed by atoms with Crippen LogP contribution in [0.1, 0.15) is 24.1 Å². The molecule has 0 spiro atoms. The van der Waals surface area contributed by atoms with E-state index in [1.807, 2.05) is 24.3 Å². The fraction of sp³-hybridized carbons (Fsp3) is 0.182. The Hall–Kier alpha value is -3.52. The van der Waals surface area contributed by atoms with Crippen molar-refractivity contribution in [2.75, 3.05) is 14.2 Å². The first kappa shape index (κ1) is 19.8. The SMILES string of the molecule is COC(=O)C1=C(C)N=c2s/c(=C/c3cccnc3)c(=O)n2[C@H]1c1ccc(OC)cc1. The largest absolute Gasteiger partial charge is 0.497 e. The van der Waals surface area contributed by atoms with Crippen LogP contribution in [-0.4, -0.2) is 29.7 Å². The van der Waals surface area contributed by atoms with Gasteiger partial charge in [-0.3, -0.25) is 14.3 Å². The number of esters is 1. The van der Waals surface area contributed by atoms with Crippen LogP contribution in [0.4, 0.5) is 0 Å². The molecular weight excluding hydrogens is 402 g/mol. The van der Waals surface area contributed by atoms with Gasteiger partial charge in [-0.1, -0.05) is 29.5 Å². The lowest BCUT2D eigenvalue weighted by Gasteiger charge is -2.24. The van der Waals surface area contributed by atoms with Crippen molar-refractivity contribution in [2.24, 2.45) is 4.99 Å². The van der Waals surface area contributed by atoms with Crippen molar-refractivity contribution >= 4 is 23.4 Å². The Morgan fingerprint density at radius 1 is 1.20 bits per heavy atom. The highest BCUT2D eigenvalue weighted by Crippen LogP contribution is 2.31. The fourth-order valence-electron chi connectivity index (χ4n) is 3.41. The molecule has 0 bridgehead atoms. The van der Waals surface area contributed by atoms with E-state index in [1.54, 1.807) is 49.2 Å². The number of nitrogens with zero attached hydrogens (tertiary/aromatic N) is 3. The van der Waals surface area contributed by atoms with Crippen LogP contribution in [-0.2, 0) is 9.53 Å². The van der Waals surface area contributed by atoms with Gasteiger partial charge in [0.2, 0.25) is 0 Å². The zero-order chi connectivity index (χ0) is 21.3. The van der Waals surface area contributed by atoms with Gasteiger partial charge in [-0.25, -0.2) is 9.79 Å². The quantitative estimate of drug-likeness (QED) is 0.600. The molecule has 0 amide bonds. The molecule has 3 heterocycles. The molecule has 1 atom stereocenters. The highest BCUT2D eigenvalue weighted by molar-refractivity contribution is 7.07. The number of pyridine rings is 1. The summed E-state index contributed by atoms with van der Waals surface area (Å²) < 4.78 is 12.3. The molecule has 0 radical (unpaired) electrons. The van der Waals surface area contributed by atoms with Crippen molar-refractivity contribution in [2.45, 2.75) is 13.0 Å². The number of hydrogen-bond acceptors (Lipinski definition) is 7. The molecule has 1 aliphatic rings. The van der Waals surface area contributed by atoms with Crippen LogP contribution in [0, 0.1) is 0 Å². The molecule has 152 valence electrons. The maximum atomic E-state index is 13.4. The standard InChI is InChI=1S/C22H19N3O4S/c1-13-18(21(27)29-3)19(15-6-8-16(28-2)9-7-15)25-20(26)17(30-22(25)24-13)11-14-5-4-10-23-12-14/h4-12,19H,1-3H3/b17-11+/t19-/m0/s1. The van der Waals surface area contributed by atoms with E-state index in [4.69, 9.17) is 9.47 Å². The van der Waals surface area contributed by atoms with Gasteiger partial charge in [0.25, 0.3) is 5.56 Å². The number of thiazole rings is 1. The van der Waals surface area contributed by atoms with Crippen LogP contribution in [0.5, 0.6) is 5.75 Å². The van der Waals surface area contributed by atoms with Gasteiger partial charge in [-0.2, -0.15) is 0 Å². The van der Waals surface area contributed by atoms with Crippen molar-refractivity contribution in [3.8, 4) is 5.75 Å². The van der Waals surface area contributed by atoms with Gasteiger partial charge >= 0.3 is 5.97 Å². The lowest BCUT2D eigenvalue weighted by atomic mass is 9.96. The predicted octanol–water partition coefficient (Wildman–Crippen LogP) is 1.81. The van der Waals surface area contributed by atoms with Crippen LogP contribution in [0.3, 0.4) is 0 Å². The van der Waals surface area contributed by atoms with Crippen LogP contribution < -0.4 is 19.6 Å². The number of carbonyl (C=O) groups excluding carboxylic acids is 1. The molecule has 30 heavy (non-hydrogen) atoms. The number of fused-ring (bicyclic) bond motifs is 1. The molecule has 1 aliphatic heterocycles. The zero-order valence-corrected chi connectivity index (χ0v) is 17.5. The molecular formula is C22H19N3O4S. The third-order valence-corrected chi connectivity index (χ3v) is 5.82. The van der Waals surface area contributed by atoms with Gasteiger partial charge in [-0.05, 0) is 42.3 Å². The number of carbonyl (C=O) groups is 1. The second kappa shape index (κ2) is 8.08. The molecule has 0 aliphatic carbocycles. The van der Waals surface area contributed by atoms with Gasteiger partial charge in [0.05, 0.1) is 36.1 Å². The third-order valence-electron chi connectivity index (χ3n) is 4.84. The predicted molar refractivity (Wildman–Crippen MR) is 113 cm³/mol. The monoisotopic (exact) mass is 421 g/mol. The molecule has 3 aromatic rings. The Labute approximate surface area is 176 Å². The maximum absolute atomic E-state index is 13.4. The van der Waals surface area contributed by atoms with E-state index in [2.05, 4.69) is 9.98 Å². The van der Waals surface area contributed by atoms with Gasteiger partial charge in [0.1, 0.15) is 5.75 Å². The molecule has 0 N–H and O–H groups in total. The summed E-state index contributed by atoms with van der Waals surface area (Å²) in [6.45, 7) is 1.75. The summed E-state index contributed by atoms with van der Waals surface area (Å²) in [6, 6.07) is 10.3. The van der Waals surface area contributed by atoms with E-state index in [0.717, 1.165) is 11.1 Å². The molecule has 1 aromatic carbocycles.